The number of phenols is 1. The van der Waals surface area contributed by atoms with Crippen LogP contribution < -0.4 is 4.74 Å². The lowest BCUT2D eigenvalue weighted by atomic mass is 10.1. The van der Waals surface area contributed by atoms with Gasteiger partial charge >= 0.3 is 0 Å². The molecule has 0 amide bonds. The van der Waals surface area contributed by atoms with Gasteiger partial charge in [0, 0.05) is 0 Å². The minimum atomic E-state index is -0.579. The molecule has 0 bridgehead atoms. The molecular formula is C15H16O3. The van der Waals surface area contributed by atoms with Crippen molar-refractivity contribution in [1.82, 2.24) is 0 Å². The number of aliphatic hydroxyl groups is 1. The Kier molecular flexibility index (Phi) is 3.85. The van der Waals surface area contributed by atoms with Crippen molar-refractivity contribution in [3.63, 3.8) is 0 Å². The van der Waals surface area contributed by atoms with Gasteiger partial charge in [0.2, 0.25) is 0 Å². The first kappa shape index (κ1) is 12.5. The van der Waals surface area contributed by atoms with E-state index in [4.69, 9.17) is 4.74 Å². The summed E-state index contributed by atoms with van der Waals surface area (Å²) in [5.41, 5.74) is 1.75. The van der Waals surface area contributed by atoms with Crippen LogP contribution in [-0.4, -0.2) is 10.2 Å². The molecule has 0 aliphatic heterocycles. The molecule has 2 aromatic rings. The second-order valence-corrected chi connectivity index (χ2v) is 4.18. The Morgan fingerprint density at radius 1 is 1.11 bits per heavy atom. The molecule has 0 saturated carbocycles. The van der Waals surface area contributed by atoms with Gasteiger partial charge in [-0.2, -0.15) is 0 Å². The first-order valence-electron chi connectivity index (χ1n) is 5.84. The lowest BCUT2D eigenvalue weighted by Crippen LogP contribution is -1.97. The second kappa shape index (κ2) is 5.56. The Morgan fingerprint density at radius 2 is 1.83 bits per heavy atom. The number of hydrogen-bond acceptors (Lipinski definition) is 3. The highest BCUT2D eigenvalue weighted by atomic mass is 16.5. The van der Waals surface area contributed by atoms with Gasteiger partial charge in [0.15, 0.2) is 11.5 Å². The van der Waals surface area contributed by atoms with Crippen LogP contribution in [0.2, 0.25) is 0 Å². The Labute approximate surface area is 106 Å². The van der Waals surface area contributed by atoms with Gasteiger partial charge in [-0.3, -0.25) is 0 Å². The van der Waals surface area contributed by atoms with Gasteiger partial charge < -0.3 is 14.9 Å². The second-order valence-electron chi connectivity index (χ2n) is 4.18. The van der Waals surface area contributed by atoms with Crippen molar-refractivity contribution in [1.29, 1.82) is 0 Å². The van der Waals surface area contributed by atoms with Gasteiger partial charge in [-0.15, -0.1) is 0 Å². The molecule has 0 saturated heterocycles. The molecule has 3 nitrogen and oxygen atoms in total. The summed E-state index contributed by atoms with van der Waals surface area (Å²) in [5, 5.41) is 19.2. The molecular weight excluding hydrogens is 228 g/mol. The number of phenolic OH excluding ortho intramolecular Hbond substituents is 1. The maximum atomic E-state index is 9.69. The summed E-state index contributed by atoms with van der Waals surface area (Å²) >= 11 is 0. The summed E-state index contributed by atoms with van der Waals surface area (Å²) in [7, 11) is 0. The summed E-state index contributed by atoms with van der Waals surface area (Å²) in [6.45, 7) is 2.06. The first-order chi connectivity index (χ1) is 8.66. The van der Waals surface area contributed by atoms with Gasteiger partial charge in [-0.05, 0) is 30.2 Å². The molecule has 0 radical (unpaired) electrons. The summed E-state index contributed by atoms with van der Waals surface area (Å²) in [5.74, 6) is 0.465. The molecule has 94 valence electrons. The van der Waals surface area contributed by atoms with E-state index < -0.39 is 6.10 Å². The largest absolute Gasteiger partial charge is 0.504 e. The molecule has 0 aliphatic carbocycles. The van der Waals surface area contributed by atoms with Crippen LogP contribution in [0.5, 0.6) is 11.5 Å². The third kappa shape index (κ3) is 3.02. The van der Waals surface area contributed by atoms with Gasteiger partial charge in [0.25, 0.3) is 0 Å². The predicted molar refractivity (Wildman–Crippen MR) is 69.5 cm³/mol. The lowest BCUT2D eigenvalue weighted by Gasteiger charge is -2.11. The highest BCUT2D eigenvalue weighted by Crippen LogP contribution is 2.29. The monoisotopic (exact) mass is 244 g/mol. The van der Waals surface area contributed by atoms with Crippen molar-refractivity contribution in [3.8, 4) is 11.5 Å². The van der Waals surface area contributed by atoms with Crippen molar-refractivity contribution in [2.75, 3.05) is 0 Å². The Hall–Kier alpha value is -2.00. The third-order valence-electron chi connectivity index (χ3n) is 2.70. The average molecular weight is 244 g/mol. The Balaban J connectivity index is 2.11. The molecule has 0 aromatic heterocycles. The van der Waals surface area contributed by atoms with Crippen molar-refractivity contribution < 1.29 is 14.9 Å². The zero-order valence-corrected chi connectivity index (χ0v) is 10.2. The SMILES string of the molecule is CC(O)c1ccc(O)c(OCc2ccccc2)c1. The molecule has 2 aromatic carbocycles. The number of ether oxygens (including phenoxy) is 1. The molecule has 0 fully saturated rings. The molecule has 0 spiro atoms. The van der Waals surface area contributed by atoms with E-state index >= 15 is 0 Å². The number of benzene rings is 2. The minimum absolute atomic E-state index is 0.0790. The summed E-state index contributed by atoms with van der Waals surface area (Å²) < 4.78 is 5.55. The molecule has 3 heteroatoms. The van der Waals surface area contributed by atoms with Gasteiger partial charge in [-0.25, -0.2) is 0 Å². The highest BCUT2D eigenvalue weighted by Gasteiger charge is 2.07. The molecule has 0 aliphatic rings. The maximum absolute atomic E-state index is 9.69. The summed E-state index contributed by atoms with van der Waals surface area (Å²) in [6, 6.07) is 14.6. The summed E-state index contributed by atoms with van der Waals surface area (Å²) in [4.78, 5) is 0. The quantitative estimate of drug-likeness (QED) is 0.869. The van der Waals surface area contributed by atoms with Crippen LogP contribution in [-0.2, 0) is 6.61 Å². The zero-order valence-electron chi connectivity index (χ0n) is 10.2. The standard InChI is InChI=1S/C15H16O3/c1-11(16)13-7-8-14(17)15(9-13)18-10-12-5-3-2-4-6-12/h2-9,11,16-17H,10H2,1H3. The number of aliphatic hydroxyl groups excluding tert-OH is 1. The Morgan fingerprint density at radius 3 is 2.50 bits per heavy atom. The smallest absolute Gasteiger partial charge is 0.161 e. The van der Waals surface area contributed by atoms with Crippen molar-refractivity contribution in [2.45, 2.75) is 19.6 Å². The zero-order chi connectivity index (χ0) is 13.0. The van der Waals surface area contributed by atoms with E-state index in [1.807, 2.05) is 30.3 Å². The molecule has 1 atom stereocenters. The van der Waals surface area contributed by atoms with Crippen LogP contribution in [0.25, 0.3) is 0 Å². The number of aromatic hydroxyl groups is 1. The number of hydrogen-bond donors (Lipinski definition) is 2. The summed E-state index contributed by atoms with van der Waals surface area (Å²) in [6.07, 6.45) is -0.579. The fourth-order valence-electron chi connectivity index (χ4n) is 1.64. The van der Waals surface area contributed by atoms with Crippen LogP contribution in [0, 0.1) is 0 Å². The fourth-order valence-corrected chi connectivity index (χ4v) is 1.64. The fraction of sp³-hybridized carbons (Fsp3) is 0.200. The first-order valence-corrected chi connectivity index (χ1v) is 5.84. The number of rotatable bonds is 4. The average Bonchev–Trinajstić information content (AvgIpc) is 2.38. The molecule has 1 unspecified atom stereocenters. The van der Waals surface area contributed by atoms with Crippen molar-refractivity contribution >= 4 is 0 Å². The van der Waals surface area contributed by atoms with Crippen molar-refractivity contribution in [3.05, 3.63) is 59.7 Å². The minimum Gasteiger partial charge on any atom is -0.504 e. The van der Waals surface area contributed by atoms with E-state index in [0.717, 1.165) is 11.1 Å². The molecule has 18 heavy (non-hydrogen) atoms. The highest BCUT2D eigenvalue weighted by molar-refractivity contribution is 5.42. The van der Waals surface area contributed by atoms with E-state index in [0.29, 0.717) is 12.4 Å². The van der Waals surface area contributed by atoms with Crippen LogP contribution in [0.4, 0.5) is 0 Å². The van der Waals surface area contributed by atoms with Gasteiger partial charge in [-0.1, -0.05) is 36.4 Å². The lowest BCUT2D eigenvalue weighted by molar-refractivity contribution is 0.198. The van der Waals surface area contributed by atoms with E-state index in [-0.39, 0.29) is 5.75 Å². The van der Waals surface area contributed by atoms with Crippen LogP contribution >= 0.6 is 0 Å². The van der Waals surface area contributed by atoms with Gasteiger partial charge in [0.05, 0.1) is 6.10 Å². The van der Waals surface area contributed by atoms with Crippen molar-refractivity contribution in [2.24, 2.45) is 0 Å². The molecule has 2 rings (SSSR count). The third-order valence-corrected chi connectivity index (χ3v) is 2.70. The topological polar surface area (TPSA) is 49.7 Å². The van der Waals surface area contributed by atoms with Crippen LogP contribution in [0.3, 0.4) is 0 Å². The van der Waals surface area contributed by atoms with Gasteiger partial charge in [0.1, 0.15) is 6.61 Å². The van der Waals surface area contributed by atoms with E-state index in [1.165, 1.54) is 6.07 Å². The Bertz CT molecular complexity index is 506. The molecule has 0 heterocycles. The maximum Gasteiger partial charge on any atom is 0.161 e. The van der Waals surface area contributed by atoms with Crippen LogP contribution in [0.15, 0.2) is 48.5 Å². The normalized spacial score (nSPS) is 12.1. The van der Waals surface area contributed by atoms with E-state index in [9.17, 15) is 10.2 Å². The van der Waals surface area contributed by atoms with E-state index in [2.05, 4.69) is 0 Å². The van der Waals surface area contributed by atoms with E-state index in [1.54, 1.807) is 19.1 Å². The van der Waals surface area contributed by atoms with Crippen LogP contribution in [0.1, 0.15) is 24.2 Å². The predicted octanol–water partition coefficient (Wildman–Crippen LogP) is 3.02. The molecule has 2 N–H and O–H groups in total.